The van der Waals surface area contributed by atoms with Crippen molar-refractivity contribution < 1.29 is 9.47 Å². The summed E-state index contributed by atoms with van der Waals surface area (Å²) in [6, 6.07) is 0. The first-order chi connectivity index (χ1) is 15.2. The molecule has 0 saturated heterocycles. The molecule has 2 heteroatoms. The molecule has 0 radical (unpaired) electrons. The van der Waals surface area contributed by atoms with E-state index in [1.807, 2.05) is 14.2 Å². The van der Waals surface area contributed by atoms with Crippen LogP contribution in [0, 0.1) is 53.3 Å². The SMILES string of the molecule is COC1CCC(C2C3CCCCC3C(C3CCC(OC)CC3)C3C(C)CCCC23)CC1. The highest BCUT2D eigenvalue weighted by Crippen LogP contribution is 2.63. The molecule has 178 valence electrons. The smallest absolute Gasteiger partial charge is 0.0571 e. The maximum absolute atomic E-state index is 5.77. The van der Waals surface area contributed by atoms with Crippen LogP contribution in [0.25, 0.3) is 0 Å². The summed E-state index contributed by atoms with van der Waals surface area (Å²) in [5, 5.41) is 0. The van der Waals surface area contributed by atoms with Crippen LogP contribution < -0.4 is 0 Å². The van der Waals surface area contributed by atoms with Crippen molar-refractivity contribution in [3.8, 4) is 0 Å². The van der Waals surface area contributed by atoms with Crippen molar-refractivity contribution in [1.29, 1.82) is 0 Å². The zero-order valence-corrected chi connectivity index (χ0v) is 20.8. The predicted molar refractivity (Wildman–Crippen MR) is 128 cm³/mol. The highest BCUT2D eigenvalue weighted by atomic mass is 16.5. The summed E-state index contributed by atoms with van der Waals surface area (Å²) < 4.78 is 11.5. The van der Waals surface area contributed by atoms with Gasteiger partial charge in [0, 0.05) is 14.2 Å². The van der Waals surface area contributed by atoms with Crippen molar-refractivity contribution in [2.24, 2.45) is 53.3 Å². The van der Waals surface area contributed by atoms with Gasteiger partial charge in [-0.1, -0.05) is 32.6 Å². The third kappa shape index (κ3) is 4.39. The Morgan fingerprint density at radius 3 is 1.48 bits per heavy atom. The molecule has 0 aromatic rings. The summed E-state index contributed by atoms with van der Waals surface area (Å²) in [4.78, 5) is 0. The molecule has 0 amide bonds. The number of methoxy groups -OCH3 is 2. The largest absolute Gasteiger partial charge is 0.381 e. The van der Waals surface area contributed by atoms with E-state index >= 15 is 0 Å². The molecule has 0 aliphatic heterocycles. The van der Waals surface area contributed by atoms with Gasteiger partial charge in [0.1, 0.15) is 0 Å². The standard InChI is InChI=1S/C29H50O2/c1-19-7-6-10-26-27(19)29(21-13-17-23(31-3)18-14-21)25-9-5-4-8-24(25)28(26)20-11-15-22(30-2)16-12-20/h19-29H,4-18H2,1-3H3. The fourth-order valence-corrected chi connectivity index (χ4v) is 10.1. The number of rotatable bonds is 4. The lowest BCUT2D eigenvalue weighted by Crippen LogP contribution is -2.55. The molecule has 0 spiro atoms. The van der Waals surface area contributed by atoms with E-state index in [9.17, 15) is 0 Å². The first-order valence-electron chi connectivity index (χ1n) is 14.3. The maximum atomic E-state index is 5.77. The lowest BCUT2D eigenvalue weighted by Gasteiger charge is -2.61. The molecule has 0 bridgehead atoms. The Balaban J connectivity index is 1.42. The molecule has 5 fully saturated rings. The van der Waals surface area contributed by atoms with Gasteiger partial charge in [0.15, 0.2) is 0 Å². The van der Waals surface area contributed by atoms with E-state index < -0.39 is 0 Å². The van der Waals surface area contributed by atoms with Gasteiger partial charge in [0.2, 0.25) is 0 Å². The van der Waals surface area contributed by atoms with Gasteiger partial charge in [-0.05, 0) is 124 Å². The molecule has 31 heavy (non-hydrogen) atoms. The fourth-order valence-electron chi connectivity index (χ4n) is 10.1. The van der Waals surface area contributed by atoms with Crippen molar-refractivity contribution in [3.05, 3.63) is 0 Å². The molecule has 5 saturated carbocycles. The van der Waals surface area contributed by atoms with Crippen LogP contribution in [0.5, 0.6) is 0 Å². The highest BCUT2D eigenvalue weighted by Gasteiger charge is 2.56. The summed E-state index contributed by atoms with van der Waals surface area (Å²) in [7, 11) is 3.87. The Morgan fingerprint density at radius 1 is 0.452 bits per heavy atom. The van der Waals surface area contributed by atoms with Gasteiger partial charge in [-0.25, -0.2) is 0 Å². The summed E-state index contributed by atoms with van der Waals surface area (Å²) in [6.07, 6.45) is 22.9. The van der Waals surface area contributed by atoms with Gasteiger partial charge in [-0.3, -0.25) is 0 Å². The van der Waals surface area contributed by atoms with Crippen LogP contribution in [-0.2, 0) is 9.47 Å². The van der Waals surface area contributed by atoms with Crippen molar-refractivity contribution in [1.82, 2.24) is 0 Å². The molecular formula is C29H50O2. The maximum Gasteiger partial charge on any atom is 0.0571 e. The zero-order chi connectivity index (χ0) is 21.4. The average Bonchev–Trinajstić information content (AvgIpc) is 2.83. The van der Waals surface area contributed by atoms with E-state index in [1.165, 1.54) is 77.0 Å². The first kappa shape index (κ1) is 22.7. The van der Waals surface area contributed by atoms with E-state index in [-0.39, 0.29) is 0 Å². The third-order valence-electron chi connectivity index (χ3n) is 11.3. The van der Waals surface area contributed by atoms with Gasteiger partial charge in [-0.15, -0.1) is 0 Å². The van der Waals surface area contributed by atoms with E-state index in [4.69, 9.17) is 9.47 Å². The molecule has 0 heterocycles. The molecule has 2 nitrogen and oxygen atoms in total. The first-order valence-corrected chi connectivity index (χ1v) is 14.3. The van der Waals surface area contributed by atoms with Crippen molar-refractivity contribution in [3.63, 3.8) is 0 Å². The minimum Gasteiger partial charge on any atom is -0.381 e. The van der Waals surface area contributed by atoms with Crippen molar-refractivity contribution in [2.45, 2.75) is 115 Å². The third-order valence-corrected chi connectivity index (χ3v) is 11.3. The Kier molecular flexibility index (Phi) is 7.35. The Hall–Kier alpha value is -0.0800. The van der Waals surface area contributed by atoms with E-state index in [2.05, 4.69) is 6.92 Å². The molecular weight excluding hydrogens is 380 g/mol. The van der Waals surface area contributed by atoms with Crippen LogP contribution in [0.15, 0.2) is 0 Å². The normalized spacial score (nSPS) is 51.0. The second-order valence-corrected chi connectivity index (χ2v) is 12.5. The van der Waals surface area contributed by atoms with E-state index in [0.717, 1.165) is 53.3 Å². The van der Waals surface area contributed by atoms with Gasteiger partial charge in [-0.2, -0.15) is 0 Å². The molecule has 7 atom stereocenters. The molecule has 5 aliphatic rings. The predicted octanol–water partition coefficient (Wildman–Crippen LogP) is 7.50. The van der Waals surface area contributed by atoms with Gasteiger partial charge < -0.3 is 9.47 Å². The Labute approximate surface area is 192 Å². The van der Waals surface area contributed by atoms with Crippen LogP contribution >= 0.6 is 0 Å². The number of fused-ring (bicyclic) bond motifs is 2. The van der Waals surface area contributed by atoms with Gasteiger partial charge in [0.05, 0.1) is 12.2 Å². The lowest BCUT2D eigenvalue weighted by molar-refractivity contribution is -0.134. The molecule has 7 unspecified atom stereocenters. The Bertz CT molecular complexity index is 559. The minimum absolute atomic E-state index is 0.547. The lowest BCUT2D eigenvalue weighted by atomic mass is 9.44. The summed E-state index contributed by atoms with van der Waals surface area (Å²) >= 11 is 0. The van der Waals surface area contributed by atoms with Gasteiger partial charge in [0.25, 0.3) is 0 Å². The molecule has 5 aliphatic carbocycles. The summed E-state index contributed by atoms with van der Waals surface area (Å²) in [6.45, 7) is 2.66. The summed E-state index contributed by atoms with van der Waals surface area (Å²) in [5.74, 6) is 9.20. The fraction of sp³-hybridized carbons (Fsp3) is 1.00. The van der Waals surface area contributed by atoms with Crippen LogP contribution in [-0.4, -0.2) is 26.4 Å². The van der Waals surface area contributed by atoms with Crippen LogP contribution in [0.4, 0.5) is 0 Å². The Morgan fingerprint density at radius 2 is 0.935 bits per heavy atom. The quantitative estimate of drug-likeness (QED) is 0.459. The molecule has 5 rings (SSSR count). The van der Waals surface area contributed by atoms with Crippen LogP contribution in [0.2, 0.25) is 0 Å². The minimum atomic E-state index is 0.547. The van der Waals surface area contributed by atoms with Gasteiger partial charge >= 0.3 is 0 Å². The molecule has 0 N–H and O–H groups in total. The molecule has 0 aromatic carbocycles. The summed E-state index contributed by atoms with van der Waals surface area (Å²) in [5.41, 5.74) is 0. The monoisotopic (exact) mass is 430 g/mol. The second kappa shape index (κ2) is 10.0. The van der Waals surface area contributed by atoms with E-state index in [0.29, 0.717) is 12.2 Å². The number of ether oxygens (including phenoxy) is 2. The second-order valence-electron chi connectivity index (χ2n) is 12.5. The van der Waals surface area contributed by atoms with Crippen LogP contribution in [0.3, 0.4) is 0 Å². The molecule has 0 aromatic heterocycles. The average molecular weight is 431 g/mol. The van der Waals surface area contributed by atoms with Crippen molar-refractivity contribution in [2.75, 3.05) is 14.2 Å². The van der Waals surface area contributed by atoms with Crippen molar-refractivity contribution >= 4 is 0 Å². The van der Waals surface area contributed by atoms with Crippen LogP contribution in [0.1, 0.15) is 103 Å². The highest BCUT2D eigenvalue weighted by molar-refractivity contribution is 5.05. The zero-order valence-electron chi connectivity index (χ0n) is 20.8. The topological polar surface area (TPSA) is 18.5 Å². The number of hydrogen-bond acceptors (Lipinski definition) is 2. The van der Waals surface area contributed by atoms with E-state index in [1.54, 1.807) is 19.3 Å². The number of hydrogen-bond donors (Lipinski definition) is 0.